The van der Waals surface area contributed by atoms with E-state index in [2.05, 4.69) is 47.9 Å². The molecule has 4 nitrogen and oxygen atoms in total. The lowest BCUT2D eigenvalue weighted by Gasteiger charge is -2.25. The average Bonchev–Trinajstić information content (AvgIpc) is 2.71. The largest absolute Gasteiger partial charge is 0.384 e. The van der Waals surface area contributed by atoms with Gasteiger partial charge in [-0.2, -0.15) is 0 Å². The van der Waals surface area contributed by atoms with Gasteiger partial charge in [0.05, 0.1) is 13.2 Å². The first kappa shape index (κ1) is 17.0. The van der Waals surface area contributed by atoms with Gasteiger partial charge in [-0.15, -0.1) is 0 Å². The maximum Gasteiger partial charge on any atom is 0.104 e. The Morgan fingerprint density at radius 2 is 2.09 bits per heavy atom. The monoisotopic (exact) mass is 302 g/mol. The molecule has 1 aromatic carbocycles. The van der Waals surface area contributed by atoms with Gasteiger partial charge in [-0.25, -0.2) is 0 Å². The van der Waals surface area contributed by atoms with E-state index in [0.29, 0.717) is 5.92 Å². The molecule has 1 atom stereocenters. The molecule has 1 aliphatic rings. The van der Waals surface area contributed by atoms with E-state index >= 15 is 0 Å². The molecule has 0 bridgehead atoms. The molecular formula is C18H26N2O2. The Labute approximate surface area is 133 Å². The molecule has 1 aromatic rings. The van der Waals surface area contributed by atoms with Crippen LogP contribution in [0.15, 0.2) is 24.3 Å². The van der Waals surface area contributed by atoms with Crippen LogP contribution < -0.4 is 0 Å². The van der Waals surface area contributed by atoms with E-state index in [1.807, 2.05) is 12.1 Å². The van der Waals surface area contributed by atoms with Crippen molar-refractivity contribution in [3.63, 3.8) is 0 Å². The fourth-order valence-corrected chi connectivity index (χ4v) is 2.82. The quantitative estimate of drug-likeness (QED) is 0.843. The van der Waals surface area contributed by atoms with Gasteiger partial charge in [0.2, 0.25) is 0 Å². The minimum atomic E-state index is -0.0945. The molecule has 1 heterocycles. The van der Waals surface area contributed by atoms with E-state index in [4.69, 9.17) is 9.84 Å². The first-order valence-corrected chi connectivity index (χ1v) is 7.81. The van der Waals surface area contributed by atoms with Gasteiger partial charge < -0.3 is 14.7 Å². The van der Waals surface area contributed by atoms with E-state index in [-0.39, 0.29) is 6.61 Å². The number of hydrogen-bond donors (Lipinski definition) is 1. The number of aliphatic hydroxyl groups is 1. The lowest BCUT2D eigenvalue weighted by molar-refractivity contribution is 0.112. The molecule has 0 unspecified atom stereocenters. The normalized spacial score (nSPS) is 19.5. The molecule has 22 heavy (non-hydrogen) atoms. The average molecular weight is 302 g/mol. The summed E-state index contributed by atoms with van der Waals surface area (Å²) in [4.78, 5) is 4.70. The molecular weight excluding hydrogens is 276 g/mol. The van der Waals surface area contributed by atoms with Gasteiger partial charge in [0, 0.05) is 37.7 Å². The maximum atomic E-state index is 8.72. The molecule has 2 rings (SSSR count). The van der Waals surface area contributed by atoms with E-state index < -0.39 is 0 Å². The zero-order valence-corrected chi connectivity index (χ0v) is 13.6. The Hall–Kier alpha value is -1.38. The topological polar surface area (TPSA) is 35.9 Å². The van der Waals surface area contributed by atoms with E-state index in [1.54, 1.807) is 0 Å². The summed E-state index contributed by atoms with van der Waals surface area (Å²) in [6.07, 6.45) is 0. The van der Waals surface area contributed by atoms with Gasteiger partial charge in [0.1, 0.15) is 6.61 Å². The van der Waals surface area contributed by atoms with Gasteiger partial charge in [0.25, 0.3) is 0 Å². The van der Waals surface area contributed by atoms with Crippen LogP contribution in [0.1, 0.15) is 11.1 Å². The van der Waals surface area contributed by atoms with Gasteiger partial charge in [-0.1, -0.05) is 24.0 Å². The van der Waals surface area contributed by atoms with Crippen molar-refractivity contribution in [1.29, 1.82) is 0 Å². The third-order valence-electron chi connectivity index (χ3n) is 3.72. The Morgan fingerprint density at radius 3 is 2.77 bits per heavy atom. The molecule has 0 saturated carbocycles. The molecule has 1 N–H and O–H groups in total. The Morgan fingerprint density at radius 1 is 1.32 bits per heavy atom. The first-order valence-electron chi connectivity index (χ1n) is 7.81. The maximum absolute atomic E-state index is 8.72. The zero-order valence-electron chi connectivity index (χ0n) is 13.6. The number of benzene rings is 1. The number of ether oxygens (including phenoxy) is 1. The summed E-state index contributed by atoms with van der Waals surface area (Å²) in [7, 11) is 4.22. The first-order chi connectivity index (χ1) is 10.7. The van der Waals surface area contributed by atoms with Crippen LogP contribution >= 0.6 is 0 Å². The van der Waals surface area contributed by atoms with Crippen molar-refractivity contribution in [2.24, 2.45) is 5.92 Å². The van der Waals surface area contributed by atoms with Gasteiger partial charge in [-0.3, -0.25) is 4.90 Å². The van der Waals surface area contributed by atoms with E-state index in [1.165, 1.54) is 5.56 Å². The highest BCUT2D eigenvalue weighted by molar-refractivity contribution is 5.36. The lowest BCUT2D eigenvalue weighted by atomic mass is 10.1. The standard InChI is InChI=1S/C18H26N2O2/c1-19(2)12-18-14-20(9-11-22-15-18)13-17-7-5-16(6-8-17)4-3-10-21/h5-8,18,21H,9-15H2,1-2H3/t18-/m0/s1. The number of hydrogen-bond acceptors (Lipinski definition) is 4. The summed E-state index contributed by atoms with van der Waals surface area (Å²) in [6, 6.07) is 8.27. The smallest absolute Gasteiger partial charge is 0.104 e. The van der Waals surface area contributed by atoms with Crippen LogP contribution in [0, 0.1) is 17.8 Å². The minimum absolute atomic E-state index is 0.0945. The highest BCUT2D eigenvalue weighted by Gasteiger charge is 2.19. The fraction of sp³-hybridized carbons (Fsp3) is 0.556. The molecule has 120 valence electrons. The summed E-state index contributed by atoms with van der Waals surface area (Å²) in [5, 5.41) is 8.72. The number of nitrogens with zero attached hydrogens (tertiary/aromatic N) is 2. The Bertz CT molecular complexity index is 502. The molecule has 0 aliphatic carbocycles. The highest BCUT2D eigenvalue weighted by Crippen LogP contribution is 2.13. The Balaban J connectivity index is 1.93. The van der Waals surface area contributed by atoms with Crippen LogP contribution in [0.4, 0.5) is 0 Å². The van der Waals surface area contributed by atoms with Crippen LogP contribution in [0.2, 0.25) is 0 Å². The van der Waals surface area contributed by atoms with Crippen LogP contribution in [0.25, 0.3) is 0 Å². The van der Waals surface area contributed by atoms with Crippen LogP contribution in [0.5, 0.6) is 0 Å². The molecule has 0 spiro atoms. The SMILES string of the molecule is CN(C)C[C@@H]1COCCN(Cc2ccc(C#CCO)cc2)C1. The second-order valence-electron chi connectivity index (χ2n) is 6.10. The van der Waals surface area contributed by atoms with Crippen LogP contribution in [-0.4, -0.2) is 68.5 Å². The molecule has 0 amide bonds. The lowest BCUT2D eigenvalue weighted by Crippen LogP contribution is -2.34. The summed E-state index contributed by atoms with van der Waals surface area (Å²) in [5.74, 6) is 6.16. The summed E-state index contributed by atoms with van der Waals surface area (Å²) in [6.45, 7) is 5.63. The van der Waals surface area contributed by atoms with E-state index in [0.717, 1.165) is 45.0 Å². The van der Waals surface area contributed by atoms with Crippen molar-refractivity contribution in [2.45, 2.75) is 6.54 Å². The summed E-state index contributed by atoms with van der Waals surface area (Å²) in [5.41, 5.74) is 2.24. The minimum Gasteiger partial charge on any atom is -0.384 e. The summed E-state index contributed by atoms with van der Waals surface area (Å²) >= 11 is 0. The van der Waals surface area contributed by atoms with Crippen molar-refractivity contribution < 1.29 is 9.84 Å². The van der Waals surface area contributed by atoms with Crippen molar-refractivity contribution in [2.75, 3.05) is 53.6 Å². The molecule has 1 saturated heterocycles. The zero-order chi connectivity index (χ0) is 15.8. The second-order valence-corrected chi connectivity index (χ2v) is 6.10. The molecule has 0 radical (unpaired) electrons. The number of rotatable bonds is 4. The van der Waals surface area contributed by atoms with Crippen molar-refractivity contribution in [1.82, 2.24) is 9.80 Å². The van der Waals surface area contributed by atoms with Crippen molar-refractivity contribution in [3.8, 4) is 11.8 Å². The van der Waals surface area contributed by atoms with Crippen molar-refractivity contribution >= 4 is 0 Å². The third-order valence-corrected chi connectivity index (χ3v) is 3.72. The van der Waals surface area contributed by atoms with E-state index in [9.17, 15) is 0 Å². The summed E-state index contributed by atoms with van der Waals surface area (Å²) < 4.78 is 5.73. The molecule has 0 aromatic heterocycles. The molecule has 4 heteroatoms. The van der Waals surface area contributed by atoms with Gasteiger partial charge >= 0.3 is 0 Å². The van der Waals surface area contributed by atoms with Crippen molar-refractivity contribution in [3.05, 3.63) is 35.4 Å². The second kappa shape index (κ2) is 8.92. The van der Waals surface area contributed by atoms with Gasteiger partial charge in [0.15, 0.2) is 0 Å². The number of aliphatic hydroxyl groups excluding tert-OH is 1. The molecule has 1 fully saturated rings. The molecule has 1 aliphatic heterocycles. The predicted molar refractivity (Wildman–Crippen MR) is 88.5 cm³/mol. The van der Waals surface area contributed by atoms with Gasteiger partial charge in [-0.05, 0) is 31.8 Å². The van der Waals surface area contributed by atoms with Crippen LogP contribution in [-0.2, 0) is 11.3 Å². The van der Waals surface area contributed by atoms with Crippen LogP contribution in [0.3, 0.4) is 0 Å². The predicted octanol–water partition coefficient (Wildman–Crippen LogP) is 1.04. The Kier molecular flexibility index (Phi) is 6.88. The fourth-order valence-electron chi connectivity index (χ4n) is 2.82. The highest BCUT2D eigenvalue weighted by atomic mass is 16.5. The third kappa shape index (κ3) is 5.78.